The summed E-state index contributed by atoms with van der Waals surface area (Å²) in [5.74, 6) is 1.45. The lowest BCUT2D eigenvalue weighted by molar-refractivity contribution is -0.143. The van der Waals surface area contributed by atoms with E-state index in [-0.39, 0.29) is 5.97 Å². The van der Waals surface area contributed by atoms with Gasteiger partial charge in [0.15, 0.2) is 11.5 Å². The van der Waals surface area contributed by atoms with E-state index in [9.17, 15) is 4.79 Å². The van der Waals surface area contributed by atoms with Gasteiger partial charge in [0.05, 0.1) is 31.4 Å². The SMILES string of the molecule is CCOC(=O)CCCCCCn1ncc2c(N3CCOCC3)nc(-c3ccc(N)cc3)nc21. The van der Waals surface area contributed by atoms with Crippen LogP contribution in [0.25, 0.3) is 22.4 Å². The van der Waals surface area contributed by atoms with Gasteiger partial charge < -0.3 is 20.1 Å². The molecule has 0 unspecified atom stereocenters. The van der Waals surface area contributed by atoms with Gasteiger partial charge in [-0.1, -0.05) is 12.8 Å². The Balaban J connectivity index is 1.51. The summed E-state index contributed by atoms with van der Waals surface area (Å²) in [6.07, 6.45) is 6.18. The van der Waals surface area contributed by atoms with Gasteiger partial charge in [0.2, 0.25) is 0 Å². The van der Waals surface area contributed by atoms with E-state index in [4.69, 9.17) is 25.2 Å². The van der Waals surface area contributed by atoms with Crippen LogP contribution >= 0.6 is 0 Å². The Morgan fingerprint density at radius 2 is 1.85 bits per heavy atom. The number of nitrogens with zero attached hydrogens (tertiary/aromatic N) is 5. The van der Waals surface area contributed by atoms with Crippen LogP contribution in [-0.4, -0.2) is 58.6 Å². The Labute approximate surface area is 193 Å². The number of anilines is 2. The summed E-state index contributed by atoms with van der Waals surface area (Å²) in [6.45, 7) is 5.99. The van der Waals surface area contributed by atoms with Crippen molar-refractivity contribution in [1.82, 2.24) is 19.7 Å². The molecule has 1 aliphatic heterocycles. The van der Waals surface area contributed by atoms with Gasteiger partial charge in [-0.3, -0.25) is 4.79 Å². The largest absolute Gasteiger partial charge is 0.466 e. The Morgan fingerprint density at radius 1 is 1.09 bits per heavy atom. The van der Waals surface area contributed by atoms with E-state index in [1.54, 1.807) is 0 Å². The Kier molecular flexibility index (Phi) is 7.72. The van der Waals surface area contributed by atoms with Crippen LogP contribution in [0.2, 0.25) is 0 Å². The molecule has 1 saturated heterocycles. The molecule has 176 valence electrons. The molecule has 1 fully saturated rings. The number of rotatable bonds is 10. The van der Waals surface area contributed by atoms with Crippen LogP contribution in [0, 0.1) is 0 Å². The second kappa shape index (κ2) is 11.1. The third-order valence-electron chi connectivity index (χ3n) is 5.76. The van der Waals surface area contributed by atoms with E-state index < -0.39 is 0 Å². The van der Waals surface area contributed by atoms with Gasteiger partial charge in [0, 0.05) is 37.3 Å². The summed E-state index contributed by atoms with van der Waals surface area (Å²) in [5.41, 5.74) is 8.34. The fraction of sp³-hybridized carbons (Fsp3) is 0.500. The van der Waals surface area contributed by atoms with E-state index in [1.807, 2.05) is 42.1 Å². The highest BCUT2D eigenvalue weighted by molar-refractivity contribution is 5.88. The maximum absolute atomic E-state index is 11.5. The highest BCUT2D eigenvalue weighted by Gasteiger charge is 2.20. The normalized spacial score (nSPS) is 14.0. The number of ether oxygens (including phenoxy) is 2. The zero-order valence-electron chi connectivity index (χ0n) is 19.2. The van der Waals surface area contributed by atoms with Gasteiger partial charge >= 0.3 is 5.97 Å². The van der Waals surface area contributed by atoms with Crippen molar-refractivity contribution in [3.8, 4) is 11.4 Å². The van der Waals surface area contributed by atoms with Crippen LogP contribution < -0.4 is 10.6 Å². The predicted octanol–water partition coefficient (Wildman–Crippen LogP) is 3.43. The number of esters is 1. The van der Waals surface area contributed by atoms with E-state index in [1.165, 1.54) is 0 Å². The smallest absolute Gasteiger partial charge is 0.305 e. The number of hydrogen-bond donors (Lipinski definition) is 1. The molecule has 9 heteroatoms. The van der Waals surface area contributed by atoms with Crippen molar-refractivity contribution >= 4 is 28.5 Å². The van der Waals surface area contributed by atoms with Crippen LogP contribution in [0.1, 0.15) is 39.0 Å². The molecule has 0 spiro atoms. The van der Waals surface area contributed by atoms with E-state index >= 15 is 0 Å². The number of benzene rings is 1. The van der Waals surface area contributed by atoms with E-state index in [2.05, 4.69) is 10.00 Å². The molecule has 3 heterocycles. The van der Waals surface area contributed by atoms with E-state index in [0.29, 0.717) is 37.8 Å². The lowest BCUT2D eigenvalue weighted by Crippen LogP contribution is -2.37. The first kappa shape index (κ1) is 23.0. The number of fused-ring (bicyclic) bond motifs is 1. The monoisotopic (exact) mass is 452 g/mol. The first-order valence-corrected chi connectivity index (χ1v) is 11.7. The molecular weight excluding hydrogens is 420 g/mol. The molecule has 2 N–H and O–H groups in total. The van der Waals surface area contributed by atoms with Crippen molar-refractivity contribution in [3.05, 3.63) is 30.5 Å². The molecule has 3 aromatic rings. The van der Waals surface area contributed by atoms with Crippen LogP contribution in [0.4, 0.5) is 11.5 Å². The highest BCUT2D eigenvalue weighted by atomic mass is 16.5. The molecular formula is C24H32N6O3. The number of aromatic nitrogens is 4. The molecule has 1 aromatic carbocycles. The zero-order chi connectivity index (χ0) is 23.0. The summed E-state index contributed by atoms with van der Waals surface area (Å²) in [5, 5.41) is 5.59. The van der Waals surface area contributed by atoms with Gasteiger partial charge in [0.25, 0.3) is 0 Å². The third-order valence-corrected chi connectivity index (χ3v) is 5.76. The van der Waals surface area contributed by atoms with Gasteiger partial charge in [0.1, 0.15) is 5.82 Å². The second-order valence-corrected chi connectivity index (χ2v) is 8.17. The summed E-state index contributed by atoms with van der Waals surface area (Å²) < 4.78 is 12.5. The summed E-state index contributed by atoms with van der Waals surface area (Å²) in [7, 11) is 0. The number of nitrogen functional groups attached to an aromatic ring is 1. The Hall–Kier alpha value is -3.20. The first-order chi connectivity index (χ1) is 16.2. The van der Waals surface area contributed by atoms with Crippen molar-refractivity contribution < 1.29 is 14.3 Å². The highest BCUT2D eigenvalue weighted by Crippen LogP contribution is 2.28. The summed E-state index contributed by atoms with van der Waals surface area (Å²) in [6, 6.07) is 7.63. The average molecular weight is 453 g/mol. The Bertz CT molecular complexity index is 1060. The van der Waals surface area contributed by atoms with Crippen LogP contribution in [0.15, 0.2) is 30.5 Å². The fourth-order valence-electron chi connectivity index (χ4n) is 4.00. The number of carbonyl (C=O) groups is 1. The summed E-state index contributed by atoms with van der Waals surface area (Å²) in [4.78, 5) is 23.5. The number of morpholine rings is 1. The molecule has 0 amide bonds. The van der Waals surface area contributed by atoms with Crippen molar-refractivity contribution in [2.75, 3.05) is 43.5 Å². The van der Waals surface area contributed by atoms with Gasteiger partial charge in [-0.2, -0.15) is 5.10 Å². The van der Waals surface area contributed by atoms with E-state index in [0.717, 1.165) is 67.7 Å². The molecule has 4 rings (SSSR count). The maximum Gasteiger partial charge on any atom is 0.305 e. The van der Waals surface area contributed by atoms with Crippen molar-refractivity contribution in [2.24, 2.45) is 0 Å². The standard InChI is InChI=1S/C24H32N6O3/c1-2-33-21(31)7-5-3-4-6-12-30-24-20(17-26-30)23(29-13-15-32-16-14-29)27-22(28-24)18-8-10-19(25)11-9-18/h8-11,17H,2-7,12-16,25H2,1H3. The van der Waals surface area contributed by atoms with Crippen LogP contribution in [0.5, 0.6) is 0 Å². The average Bonchev–Trinajstić information content (AvgIpc) is 3.25. The number of aryl methyl sites for hydroxylation is 1. The molecule has 1 aliphatic rings. The number of hydrogen-bond acceptors (Lipinski definition) is 8. The van der Waals surface area contributed by atoms with Gasteiger partial charge in [-0.05, 0) is 44.0 Å². The zero-order valence-corrected chi connectivity index (χ0v) is 19.2. The number of carbonyl (C=O) groups excluding carboxylic acids is 1. The summed E-state index contributed by atoms with van der Waals surface area (Å²) >= 11 is 0. The molecule has 2 aromatic heterocycles. The lowest BCUT2D eigenvalue weighted by atomic mass is 10.1. The minimum absolute atomic E-state index is 0.113. The van der Waals surface area contributed by atoms with Crippen molar-refractivity contribution in [1.29, 1.82) is 0 Å². The maximum atomic E-state index is 11.5. The van der Waals surface area contributed by atoms with Crippen LogP contribution in [0.3, 0.4) is 0 Å². The Morgan fingerprint density at radius 3 is 2.61 bits per heavy atom. The molecule has 0 bridgehead atoms. The minimum Gasteiger partial charge on any atom is -0.466 e. The number of nitrogens with two attached hydrogens (primary N) is 1. The third kappa shape index (κ3) is 5.78. The fourth-order valence-corrected chi connectivity index (χ4v) is 4.00. The molecule has 9 nitrogen and oxygen atoms in total. The molecule has 0 atom stereocenters. The number of unbranched alkanes of at least 4 members (excludes halogenated alkanes) is 3. The second-order valence-electron chi connectivity index (χ2n) is 8.17. The topological polar surface area (TPSA) is 108 Å². The predicted molar refractivity (Wildman–Crippen MR) is 128 cm³/mol. The van der Waals surface area contributed by atoms with Crippen LogP contribution in [-0.2, 0) is 20.8 Å². The van der Waals surface area contributed by atoms with Gasteiger partial charge in [-0.15, -0.1) is 0 Å². The molecule has 0 saturated carbocycles. The molecule has 0 radical (unpaired) electrons. The van der Waals surface area contributed by atoms with Crippen molar-refractivity contribution in [3.63, 3.8) is 0 Å². The molecule has 0 aliphatic carbocycles. The minimum atomic E-state index is -0.113. The lowest BCUT2D eigenvalue weighted by Gasteiger charge is -2.28. The molecule has 33 heavy (non-hydrogen) atoms. The van der Waals surface area contributed by atoms with Gasteiger partial charge in [-0.25, -0.2) is 14.6 Å². The first-order valence-electron chi connectivity index (χ1n) is 11.7. The van der Waals surface area contributed by atoms with Crippen molar-refractivity contribution in [2.45, 2.75) is 45.6 Å². The quantitative estimate of drug-likeness (QED) is 0.283.